The summed E-state index contributed by atoms with van der Waals surface area (Å²) in [6, 6.07) is 4.41. The molecule has 1 N–H and O–H groups in total. The molecule has 0 saturated carbocycles. The number of benzene rings is 1. The highest BCUT2D eigenvalue weighted by Crippen LogP contribution is 2.39. The number of carbonyl (C=O) groups is 4. The second kappa shape index (κ2) is 11.0. The van der Waals surface area contributed by atoms with E-state index in [0.29, 0.717) is 0 Å². The number of urea groups is 1. The van der Waals surface area contributed by atoms with Gasteiger partial charge in [0.1, 0.15) is 11.5 Å². The number of hydrogen-bond acceptors (Lipinski definition) is 11. The standard InChI is InChI=1S/C22H21N3O11/c1-4-34-18(26)11-35-19-15(25(30)31)8-12(9-17(19)32-2)7-14-20(27)24(22(29)23-14)10-13-5-6-16(36-13)21(28)33-3/h5-9H,4,10-11H2,1-3H3,(H,23,29)/b14-7-. The highest BCUT2D eigenvalue weighted by atomic mass is 16.6. The van der Waals surface area contributed by atoms with E-state index in [-0.39, 0.29) is 47.4 Å². The number of methoxy groups -OCH3 is 2. The number of nitro groups is 1. The fraction of sp³-hybridized carbons (Fsp3) is 0.273. The molecule has 0 aliphatic carbocycles. The van der Waals surface area contributed by atoms with Crippen molar-refractivity contribution in [3.63, 3.8) is 0 Å². The minimum atomic E-state index is -0.766. The average Bonchev–Trinajstić information content (AvgIpc) is 3.42. The number of nitro benzene ring substituents is 1. The number of nitrogens with zero attached hydrogens (tertiary/aromatic N) is 2. The van der Waals surface area contributed by atoms with E-state index in [4.69, 9.17) is 18.6 Å². The summed E-state index contributed by atoms with van der Waals surface area (Å²) < 4.78 is 25.0. The third kappa shape index (κ3) is 5.60. The zero-order valence-electron chi connectivity index (χ0n) is 19.4. The van der Waals surface area contributed by atoms with Gasteiger partial charge in [0.25, 0.3) is 5.91 Å². The van der Waals surface area contributed by atoms with Gasteiger partial charge in [0.05, 0.1) is 32.3 Å². The second-order valence-corrected chi connectivity index (χ2v) is 7.06. The quantitative estimate of drug-likeness (QED) is 0.165. The predicted molar refractivity (Wildman–Crippen MR) is 119 cm³/mol. The summed E-state index contributed by atoms with van der Waals surface area (Å²) in [5.74, 6) is -2.51. The van der Waals surface area contributed by atoms with Crippen LogP contribution in [0.4, 0.5) is 10.5 Å². The lowest BCUT2D eigenvalue weighted by atomic mass is 10.1. The first kappa shape index (κ1) is 25.7. The minimum absolute atomic E-state index is 0.0834. The van der Waals surface area contributed by atoms with Gasteiger partial charge in [-0.3, -0.25) is 19.8 Å². The number of carbonyl (C=O) groups excluding carboxylic acids is 4. The normalized spacial score (nSPS) is 14.0. The number of imide groups is 1. The molecule has 3 amide bonds. The monoisotopic (exact) mass is 503 g/mol. The fourth-order valence-corrected chi connectivity index (χ4v) is 3.17. The van der Waals surface area contributed by atoms with Gasteiger partial charge >= 0.3 is 23.7 Å². The number of amides is 3. The van der Waals surface area contributed by atoms with Crippen LogP contribution in [0.25, 0.3) is 6.08 Å². The van der Waals surface area contributed by atoms with Gasteiger partial charge in [0, 0.05) is 6.07 Å². The summed E-state index contributed by atoms with van der Waals surface area (Å²) in [5, 5.41) is 14.0. The van der Waals surface area contributed by atoms with Crippen molar-refractivity contribution < 1.29 is 47.5 Å². The molecule has 2 heterocycles. The zero-order chi connectivity index (χ0) is 26.4. The van der Waals surface area contributed by atoms with Crippen molar-refractivity contribution in [3.8, 4) is 11.5 Å². The molecule has 3 rings (SSSR count). The molecule has 1 fully saturated rings. The first-order valence-corrected chi connectivity index (χ1v) is 10.3. The molecule has 1 saturated heterocycles. The number of hydrogen-bond donors (Lipinski definition) is 1. The lowest BCUT2D eigenvalue weighted by Crippen LogP contribution is -2.30. The van der Waals surface area contributed by atoms with E-state index in [9.17, 15) is 29.3 Å². The van der Waals surface area contributed by atoms with Crippen molar-refractivity contribution >= 4 is 35.6 Å². The highest BCUT2D eigenvalue weighted by molar-refractivity contribution is 6.13. The van der Waals surface area contributed by atoms with Gasteiger partial charge in [0.2, 0.25) is 11.5 Å². The van der Waals surface area contributed by atoms with Gasteiger partial charge in [-0.05, 0) is 36.8 Å². The maximum Gasteiger partial charge on any atom is 0.373 e. The molecule has 14 heteroatoms. The van der Waals surface area contributed by atoms with E-state index in [1.807, 2.05) is 0 Å². The van der Waals surface area contributed by atoms with Gasteiger partial charge in [-0.15, -0.1) is 0 Å². The molecule has 14 nitrogen and oxygen atoms in total. The molecule has 36 heavy (non-hydrogen) atoms. The molecule has 1 aromatic heterocycles. The fourth-order valence-electron chi connectivity index (χ4n) is 3.17. The largest absolute Gasteiger partial charge is 0.493 e. The molecule has 1 aromatic carbocycles. The van der Waals surface area contributed by atoms with Crippen LogP contribution in [0, 0.1) is 10.1 Å². The van der Waals surface area contributed by atoms with Crippen molar-refractivity contribution in [1.29, 1.82) is 0 Å². The van der Waals surface area contributed by atoms with E-state index >= 15 is 0 Å². The Kier molecular flexibility index (Phi) is 7.89. The van der Waals surface area contributed by atoms with Crippen LogP contribution in [0.1, 0.15) is 28.8 Å². The Hall–Kier alpha value is -4.88. The van der Waals surface area contributed by atoms with E-state index in [1.54, 1.807) is 6.92 Å². The van der Waals surface area contributed by atoms with Crippen molar-refractivity contribution in [2.75, 3.05) is 27.4 Å². The maximum atomic E-state index is 12.8. The molecular formula is C22H21N3O11. The van der Waals surface area contributed by atoms with Crippen LogP contribution in [0.3, 0.4) is 0 Å². The Morgan fingerprint density at radius 2 is 1.97 bits per heavy atom. The SMILES string of the molecule is CCOC(=O)COc1c(OC)cc(/C=C2\NC(=O)N(Cc3ccc(C(=O)OC)o3)C2=O)cc1[N+](=O)[O-]. The summed E-state index contributed by atoms with van der Waals surface area (Å²) in [6.07, 6.45) is 1.22. The van der Waals surface area contributed by atoms with Crippen molar-refractivity contribution in [2.45, 2.75) is 13.5 Å². The Labute approximate surface area is 203 Å². The van der Waals surface area contributed by atoms with Crippen LogP contribution < -0.4 is 14.8 Å². The molecule has 0 bridgehead atoms. The van der Waals surface area contributed by atoms with Crippen LogP contribution in [0.15, 0.2) is 34.4 Å². The first-order valence-electron chi connectivity index (χ1n) is 10.3. The summed E-state index contributed by atoms with van der Waals surface area (Å²) in [5.41, 5.74) is -0.570. The van der Waals surface area contributed by atoms with E-state index < -0.39 is 41.1 Å². The summed E-state index contributed by atoms with van der Waals surface area (Å²) in [6.45, 7) is 0.848. The second-order valence-electron chi connectivity index (χ2n) is 7.06. The lowest BCUT2D eigenvalue weighted by Gasteiger charge is -2.12. The molecule has 1 aliphatic rings. The van der Waals surface area contributed by atoms with Crippen LogP contribution in [-0.2, 0) is 25.6 Å². The molecule has 0 spiro atoms. The van der Waals surface area contributed by atoms with Crippen LogP contribution >= 0.6 is 0 Å². The number of ether oxygens (including phenoxy) is 4. The Morgan fingerprint density at radius 3 is 2.61 bits per heavy atom. The number of furan rings is 1. The highest BCUT2D eigenvalue weighted by Gasteiger charge is 2.35. The average molecular weight is 503 g/mol. The molecule has 0 atom stereocenters. The number of nitrogens with one attached hydrogen (secondary N) is 1. The van der Waals surface area contributed by atoms with Crippen molar-refractivity contribution in [2.24, 2.45) is 0 Å². The van der Waals surface area contributed by atoms with Crippen LogP contribution in [0.5, 0.6) is 11.5 Å². The molecule has 0 radical (unpaired) electrons. The zero-order valence-corrected chi connectivity index (χ0v) is 19.4. The van der Waals surface area contributed by atoms with Crippen molar-refractivity contribution in [3.05, 3.63) is 57.2 Å². The summed E-state index contributed by atoms with van der Waals surface area (Å²) >= 11 is 0. The van der Waals surface area contributed by atoms with E-state index in [2.05, 4.69) is 10.1 Å². The smallest absolute Gasteiger partial charge is 0.373 e. The van der Waals surface area contributed by atoms with Gasteiger partial charge in [0.15, 0.2) is 12.4 Å². The number of rotatable bonds is 10. The summed E-state index contributed by atoms with van der Waals surface area (Å²) in [7, 11) is 2.42. The third-order valence-corrected chi connectivity index (χ3v) is 4.75. The van der Waals surface area contributed by atoms with Gasteiger partial charge in [-0.25, -0.2) is 14.4 Å². The van der Waals surface area contributed by atoms with Crippen molar-refractivity contribution in [1.82, 2.24) is 10.2 Å². The Morgan fingerprint density at radius 1 is 1.22 bits per heavy atom. The molecular weight excluding hydrogens is 482 g/mol. The molecule has 0 unspecified atom stereocenters. The molecule has 2 aromatic rings. The van der Waals surface area contributed by atoms with Crippen LogP contribution in [0.2, 0.25) is 0 Å². The minimum Gasteiger partial charge on any atom is -0.493 e. The Balaban J connectivity index is 1.85. The summed E-state index contributed by atoms with van der Waals surface area (Å²) in [4.78, 5) is 60.0. The Bertz CT molecular complexity index is 1250. The topological polar surface area (TPSA) is 177 Å². The molecule has 190 valence electrons. The van der Waals surface area contributed by atoms with Gasteiger partial charge in [-0.1, -0.05) is 0 Å². The van der Waals surface area contributed by atoms with Gasteiger partial charge in [-0.2, -0.15) is 0 Å². The van der Waals surface area contributed by atoms with Gasteiger partial charge < -0.3 is 28.7 Å². The molecule has 1 aliphatic heterocycles. The van der Waals surface area contributed by atoms with Crippen LogP contribution in [-0.4, -0.2) is 61.1 Å². The number of esters is 2. The third-order valence-electron chi connectivity index (χ3n) is 4.75. The predicted octanol–water partition coefficient (Wildman–Crippen LogP) is 2.02. The first-order chi connectivity index (χ1) is 17.2. The lowest BCUT2D eigenvalue weighted by molar-refractivity contribution is -0.385. The van der Waals surface area contributed by atoms with E-state index in [1.165, 1.54) is 38.5 Å². The maximum absolute atomic E-state index is 12.8. The van der Waals surface area contributed by atoms with E-state index in [0.717, 1.165) is 11.0 Å².